The first-order valence-electron chi connectivity index (χ1n) is 7.42. The van der Waals surface area contributed by atoms with Crippen molar-refractivity contribution in [3.05, 3.63) is 63.6 Å². The van der Waals surface area contributed by atoms with Gasteiger partial charge in [-0.15, -0.1) is 0 Å². The maximum absolute atomic E-state index is 6.13. The average Bonchev–Trinajstić information content (AvgIpc) is 2.50. The average molecular weight is 345 g/mol. The third kappa shape index (κ3) is 3.14. The molecular weight excluding hydrogens is 324 g/mol. The number of aryl methyl sites for hydroxylation is 2. The Labute approximate surface area is 134 Å². The van der Waals surface area contributed by atoms with Crippen molar-refractivity contribution in [2.24, 2.45) is 5.73 Å². The van der Waals surface area contributed by atoms with Crippen molar-refractivity contribution in [2.75, 3.05) is 11.9 Å². The van der Waals surface area contributed by atoms with Gasteiger partial charge in [0.25, 0.3) is 0 Å². The zero-order valence-corrected chi connectivity index (χ0v) is 13.9. The molecule has 0 aliphatic heterocycles. The highest BCUT2D eigenvalue weighted by Gasteiger charge is 2.33. The van der Waals surface area contributed by atoms with Crippen LogP contribution in [-0.4, -0.2) is 12.1 Å². The van der Waals surface area contributed by atoms with Crippen molar-refractivity contribution in [1.82, 2.24) is 0 Å². The van der Waals surface area contributed by atoms with E-state index in [0.717, 1.165) is 29.4 Å². The number of anilines is 1. The second-order valence-corrected chi connectivity index (χ2v) is 6.98. The molecule has 0 aromatic heterocycles. The molecule has 0 radical (unpaired) electrons. The van der Waals surface area contributed by atoms with Gasteiger partial charge in [0.05, 0.1) is 5.54 Å². The van der Waals surface area contributed by atoms with E-state index in [2.05, 4.69) is 70.6 Å². The quantitative estimate of drug-likeness (QED) is 0.881. The molecule has 0 fully saturated rings. The molecule has 3 rings (SSSR count). The summed E-state index contributed by atoms with van der Waals surface area (Å²) in [6, 6.07) is 15.1. The lowest BCUT2D eigenvalue weighted by atomic mass is 9.77. The molecule has 0 spiro atoms. The van der Waals surface area contributed by atoms with Crippen LogP contribution in [0.5, 0.6) is 0 Å². The van der Waals surface area contributed by atoms with E-state index in [0.29, 0.717) is 6.54 Å². The lowest BCUT2D eigenvalue weighted by Gasteiger charge is -2.39. The van der Waals surface area contributed by atoms with Crippen LogP contribution >= 0.6 is 15.9 Å². The van der Waals surface area contributed by atoms with E-state index >= 15 is 0 Å². The number of hydrogen-bond donors (Lipinski definition) is 2. The van der Waals surface area contributed by atoms with Crippen molar-refractivity contribution in [2.45, 2.75) is 31.7 Å². The van der Waals surface area contributed by atoms with Gasteiger partial charge in [0.15, 0.2) is 0 Å². The van der Waals surface area contributed by atoms with Crippen molar-refractivity contribution >= 4 is 21.6 Å². The molecule has 1 atom stereocenters. The van der Waals surface area contributed by atoms with E-state index in [9.17, 15) is 0 Å². The van der Waals surface area contributed by atoms with Crippen LogP contribution in [0, 0.1) is 6.92 Å². The second-order valence-electron chi connectivity index (χ2n) is 6.07. The van der Waals surface area contributed by atoms with E-state index in [4.69, 9.17) is 5.73 Å². The first-order chi connectivity index (χ1) is 10.1. The minimum Gasteiger partial charge on any atom is -0.378 e. The number of halogens is 1. The SMILES string of the molecule is Cc1ccc(NC2(CN)CCc3cc(Br)ccc3C2)cc1. The normalized spacial score (nSPS) is 20.9. The monoisotopic (exact) mass is 344 g/mol. The Balaban J connectivity index is 1.85. The van der Waals surface area contributed by atoms with Gasteiger partial charge in [0.1, 0.15) is 0 Å². The fourth-order valence-corrected chi connectivity index (χ4v) is 3.51. The van der Waals surface area contributed by atoms with Gasteiger partial charge in [-0.1, -0.05) is 39.7 Å². The summed E-state index contributed by atoms with van der Waals surface area (Å²) < 4.78 is 1.16. The summed E-state index contributed by atoms with van der Waals surface area (Å²) in [6.45, 7) is 2.76. The van der Waals surface area contributed by atoms with Gasteiger partial charge in [0, 0.05) is 16.7 Å². The van der Waals surface area contributed by atoms with Crippen molar-refractivity contribution < 1.29 is 0 Å². The third-order valence-corrected chi connectivity index (χ3v) is 4.92. The van der Waals surface area contributed by atoms with Crippen LogP contribution in [-0.2, 0) is 12.8 Å². The van der Waals surface area contributed by atoms with Gasteiger partial charge in [0.2, 0.25) is 0 Å². The highest BCUT2D eigenvalue weighted by molar-refractivity contribution is 9.10. The smallest absolute Gasteiger partial charge is 0.0539 e. The molecule has 1 unspecified atom stereocenters. The molecule has 1 aliphatic carbocycles. The van der Waals surface area contributed by atoms with E-state index in [1.165, 1.54) is 16.7 Å². The van der Waals surface area contributed by atoms with Crippen LogP contribution in [0.4, 0.5) is 5.69 Å². The predicted octanol–water partition coefficient (Wildman–Crippen LogP) is 4.06. The third-order valence-electron chi connectivity index (χ3n) is 4.42. The fraction of sp³-hybridized carbons (Fsp3) is 0.333. The van der Waals surface area contributed by atoms with Crippen LogP contribution in [0.3, 0.4) is 0 Å². The predicted molar refractivity (Wildman–Crippen MR) is 92.8 cm³/mol. The van der Waals surface area contributed by atoms with Crippen molar-refractivity contribution in [1.29, 1.82) is 0 Å². The number of fused-ring (bicyclic) bond motifs is 1. The molecule has 2 nitrogen and oxygen atoms in total. The van der Waals surface area contributed by atoms with Gasteiger partial charge < -0.3 is 11.1 Å². The number of hydrogen-bond acceptors (Lipinski definition) is 2. The van der Waals surface area contributed by atoms with Crippen molar-refractivity contribution in [3.63, 3.8) is 0 Å². The summed E-state index contributed by atoms with van der Waals surface area (Å²) in [7, 11) is 0. The summed E-state index contributed by atoms with van der Waals surface area (Å²) in [5.41, 5.74) is 11.4. The molecule has 0 saturated carbocycles. The summed E-state index contributed by atoms with van der Waals surface area (Å²) in [4.78, 5) is 0. The van der Waals surface area contributed by atoms with Gasteiger partial charge in [-0.2, -0.15) is 0 Å². The Morgan fingerprint density at radius 1 is 1.14 bits per heavy atom. The lowest BCUT2D eigenvalue weighted by molar-refractivity contribution is 0.417. The van der Waals surface area contributed by atoms with Gasteiger partial charge in [-0.25, -0.2) is 0 Å². The molecular formula is C18H21BrN2. The molecule has 0 heterocycles. The summed E-state index contributed by atoms with van der Waals surface area (Å²) >= 11 is 3.56. The highest BCUT2D eigenvalue weighted by atomic mass is 79.9. The summed E-state index contributed by atoms with van der Waals surface area (Å²) in [6.07, 6.45) is 3.13. The topological polar surface area (TPSA) is 38.0 Å². The van der Waals surface area contributed by atoms with E-state index in [1.54, 1.807) is 0 Å². The number of nitrogens with one attached hydrogen (secondary N) is 1. The van der Waals surface area contributed by atoms with E-state index < -0.39 is 0 Å². The molecule has 2 aromatic carbocycles. The number of nitrogens with two attached hydrogens (primary N) is 1. The Bertz CT molecular complexity index is 636. The zero-order valence-electron chi connectivity index (χ0n) is 12.3. The largest absolute Gasteiger partial charge is 0.378 e. The minimum atomic E-state index is -0.0317. The minimum absolute atomic E-state index is 0.0317. The lowest BCUT2D eigenvalue weighted by Crippen LogP contribution is -2.49. The molecule has 21 heavy (non-hydrogen) atoms. The van der Waals surface area contributed by atoms with Gasteiger partial charge in [-0.3, -0.25) is 0 Å². The number of benzene rings is 2. The second kappa shape index (κ2) is 5.82. The molecule has 2 aromatic rings. The van der Waals surface area contributed by atoms with Crippen LogP contribution in [0.15, 0.2) is 46.9 Å². The molecule has 3 heteroatoms. The Kier molecular flexibility index (Phi) is 4.05. The van der Waals surface area contributed by atoms with Gasteiger partial charge >= 0.3 is 0 Å². The molecule has 0 bridgehead atoms. The maximum atomic E-state index is 6.13. The Morgan fingerprint density at radius 2 is 1.90 bits per heavy atom. The summed E-state index contributed by atoms with van der Waals surface area (Å²) in [5.74, 6) is 0. The van der Waals surface area contributed by atoms with Crippen LogP contribution in [0.1, 0.15) is 23.1 Å². The molecule has 0 amide bonds. The Morgan fingerprint density at radius 3 is 2.62 bits per heavy atom. The van der Waals surface area contributed by atoms with E-state index in [1.807, 2.05) is 0 Å². The maximum Gasteiger partial charge on any atom is 0.0539 e. The van der Waals surface area contributed by atoms with E-state index in [-0.39, 0.29) is 5.54 Å². The Hall–Kier alpha value is -1.32. The molecule has 110 valence electrons. The highest BCUT2D eigenvalue weighted by Crippen LogP contribution is 2.32. The fourth-order valence-electron chi connectivity index (χ4n) is 3.10. The summed E-state index contributed by atoms with van der Waals surface area (Å²) in [5, 5.41) is 3.69. The van der Waals surface area contributed by atoms with Crippen molar-refractivity contribution in [3.8, 4) is 0 Å². The van der Waals surface area contributed by atoms with Crippen LogP contribution in [0.2, 0.25) is 0 Å². The first-order valence-corrected chi connectivity index (χ1v) is 8.22. The van der Waals surface area contributed by atoms with Gasteiger partial charge in [-0.05, 0) is 61.6 Å². The van der Waals surface area contributed by atoms with Crippen LogP contribution < -0.4 is 11.1 Å². The standard InChI is InChI=1S/C18H21BrN2/c1-13-2-6-17(7-3-13)21-18(12-20)9-8-14-10-16(19)5-4-15(14)11-18/h2-7,10,21H,8-9,11-12,20H2,1H3. The van der Waals surface area contributed by atoms with Crippen LogP contribution in [0.25, 0.3) is 0 Å². The number of rotatable bonds is 3. The molecule has 3 N–H and O–H groups in total. The zero-order chi connectivity index (χ0) is 14.9. The molecule has 0 saturated heterocycles. The first kappa shape index (κ1) is 14.6. The molecule has 1 aliphatic rings.